The van der Waals surface area contributed by atoms with Crippen molar-refractivity contribution in [3.63, 3.8) is 0 Å². The van der Waals surface area contributed by atoms with Crippen LogP contribution in [-0.4, -0.2) is 13.2 Å². The molecule has 0 aliphatic rings. The van der Waals surface area contributed by atoms with Crippen molar-refractivity contribution in [2.75, 3.05) is 13.2 Å². The minimum atomic E-state index is -0.964. The van der Waals surface area contributed by atoms with Gasteiger partial charge in [0, 0.05) is 0 Å². The van der Waals surface area contributed by atoms with Crippen LogP contribution in [0.1, 0.15) is 59.3 Å². The van der Waals surface area contributed by atoms with Crippen LogP contribution in [0.25, 0.3) is 0 Å². The maximum absolute atomic E-state index is 13.9. The lowest BCUT2D eigenvalue weighted by atomic mass is 10.1. The smallest absolute Gasteiger partial charge is 0.204 e. The Bertz CT molecular complexity index is 433. The summed E-state index contributed by atoms with van der Waals surface area (Å²) in [6.45, 7) is 7.20. The summed E-state index contributed by atoms with van der Waals surface area (Å²) >= 11 is 0. The Labute approximate surface area is 132 Å². The summed E-state index contributed by atoms with van der Waals surface area (Å²) in [5.41, 5.74) is 0. The molecule has 0 amide bonds. The number of hydrogen-bond donors (Lipinski definition) is 0. The Hall–Kier alpha value is -1.32. The molecule has 0 aliphatic carbocycles. The number of ether oxygens (including phenoxy) is 2. The Balaban J connectivity index is 2.39. The van der Waals surface area contributed by atoms with Crippen LogP contribution in [0.3, 0.4) is 0 Å². The molecule has 22 heavy (non-hydrogen) atoms. The monoisotopic (exact) mass is 314 g/mol. The van der Waals surface area contributed by atoms with Crippen LogP contribution in [0.2, 0.25) is 0 Å². The highest BCUT2D eigenvalue weighted by Crippen LogP contribution is 2.28. The molecule has 0 atom stereocenters. The fourth-order valence-corrected chi connectivity index (χ4v) is 2.08. The van der Waals surface area contributed by atoms with Crippen molar-refractivity contribution in [3.05, 3.63) is 23.8 Å². The summed E-state index contributed by atoms with van der Waals surface area (Å²) in [6, 6.07) is 2.87. The van der Waals surface area contributed by atoms with Crippen molar-refractivity contribution in [3.8, 4) is 11.5 Å². The van der Waals surface area contributed by atoms with E-state index >= 15 is 0 Å². The van der Waals surface area contributed by atoms with Gasteiger partial charge in [0.05, 0.1) is 13.2 Å². The van der Waals surface area contributed by atoms with Crippen molar-refractivity contribution in [1.29, 1.82) is 0 Å². The van der Waals surface area contributed by atoms with Crippen LogP contribution in [0.5, 0.6) is 11.5 Å². The number of rotatable bonds is 11. The van der Waals surface area contributed by atoms with E-state index in [4.69, 9.17) is 9.47 Å². The minimum absolute atomic E-state index is 0.0378. The number of halogens is 2. The zero-order valence-electron chi connectivity index (χ0n) is 14.0. The second-order valence-electron chi connectivity index (χ2n) is 5.98. The largest absolute Gasteiger partial charge is 0.490 e. The first kappa shape index (κ1) is 18.7. The summed E-state index contributed by atoms with van der Waals surface area (Å²) in [5.74, 6) is -1.31. The molecule has 0 saturated heterocycles. The lowest BCUT2D eigenvalue weighted by Gasteiger charge is -2.11. The highest BCUT2D eigenvalue weighted by molar-refractivity contribution is 5.35. The fraction of sp³-hybridized carbons (Fsp3) is 0.667. The van der Waals surface area contributed by atoms with Gasteiger partial charge in [-0.15, -0.1) is 0 Å². The Kier molecular flexibility index (Phi) is 8.86. The molecule has 0 spiro atoms. The predicted molar refractivity (Wildman–Crippen MR) is 85.6 cm³/mol. The van der Waals surface area contributed by atoms with Gasteiger partial charge in [0.1, 0.15) is 0 Å². The summed E-state index contributed by atoms with van der Waals surface area (Å²) in [6.07, 6.45) is 5.98. The molecule has 0 N–H and O–H groups in total. The predicted octanol–water partition coefficient (Wildman–Crippen LogP) is 5.74. The van der Waals surface area contributed by atoms with Crippen LogP contribution >= 0.6 is 0 Å². The third kappa shape index (κ3) is 6.63. The molecule has 0 saturated carbocycles. The Morgan fingerprint density at radius 1 is 0.864 bits per heavy atom. The molecule has 0 radical (unpaired) electrons. The average molecular weight is 314 g/mol. The van der Waals surface area contributed by atoms with Gasteiger partial charge < -0.3 is 9.47 Å². The Morgan fingerprint density at radius 2 is 1.41 bits per heavy atom. The SMILES string of the molecule is CCCCOc1ccc(OCCCCCC(C)C)c(F)c1F. The lowest BCUT2D eigenvalue weighted by molar-refractivity contribution is 0.267. The molecule has 0 heterocycles. The molecule has 0 aromatic heterocycles. The van der Waals surface area contributed by atoms with Gasteiger partial charge in [0.25, 0.3) is 0 Å². The van der Waals surface area contributed by atoms with Crippen molar-refractivity contribution in [2.24, 2.45) is 5.92 Å². The van der Waals surface area contributed by atoms with Crippen LogP contribution < -0.4 is 9.47 Å². The molecule has 4 heteroatoms. The summed E-state index contributed by atoms with van der Waals surface area (Å²) in [7, 11) is 0. The van der Waals surface area contributed by atoms with Crippen LogP contribution in [0.4, 0.5) is 8.78 Å². The lowest BCUT2D eigenvalue weighted by Crippen LogP contribution is -2.04. The Morgan fingerprint density at radius 3 is 1.91 bits per heavy atom. The molecule has 0 fully saturated rings. The van der Waals surface area contributed by atoms with E-state index < -0.39 is 11.6 Å². The molecule has 1 rings (SSSR count). The van der Waals surface area contributed by atoms with E-state index in [1.54, 1.807) is 0 Å². The quantitative estimate of drug-likeness (QED) is 0.485. The van der Waals surface area contributed by atoms with E-state index in [-0.39, 0.29) is 11.5 Å². The van der Waals surface area contributed by atoms with Gasteiger partial charge in [-0.25, -0.2) is 0 Å². The van der Waals surface area contributed by atoms with Crippen LogP contribution in [0, 0.1) is 17.6 Å². The molecular formula is C18H28F2O2. The van der Waals surface area contributed by atoms with Crippen LogP contribution in [-0.2, 0) is 0 Å². The van der Waals surface area contributed by atoms with E-state index in [1.165, 1.54) is 18.6 Å². The second kappa shape index (κ2) is 10.4. The van der Waals surface area contributed by atoms with E-state index in [9.17, 15) is 8.78 Å². The number of benzene rings is 1. The highest BCUT2D eigenvalue weighted by Gasteiger charge is 2.15. The zero-order valence-corrected chi connectivity index (χ0v) is 14.0. The molecule has 2 nitrogen and oxygen atoms in total. The number of hydrogen-bond acceptors (Lipinski definition) is 2. The van der Waals surface area contributed by atoms with Gasteiger partial charge in [-0.05, 0) is 30.9 Å². The van der Waals surface area contributed by atoms with Crippen LogP contribution in [0.15, 0.2) is 12.1 Å². The third-order valence-electron chi connectivity index (χ3n) is 3.45. The topological polar surface area (TPSA) is 18.5 Å². The van der Waals surface area contributed by atoms with E-state index in [0.717, 1.165) is 32.1 Å². The third-order valence-corrected chi connectivity index (χ3v) is 3.45. The van der Waals surface area contributed by atoms with Crippen molar-refractivity contribution < 1.29 is 18.3 Å². The maximum Gasteiger partial charge on any atom is 0.204 e. The summed E-state index contributed by atoms with van der Waals surface area (Å²) in [4.78, 5) is 0. The average Bonchev–Trinajstić information content (AvgIpc) is 2.49. The van der Waals surface area contributed by atoms with E-state index in [0.29, 0.717) is 19.1 Å². The van der Waals surface area contributed by atoms with Gasteiger partial charge in [-0.2, -0.15) is 8.78 Å². The van der Waals surface area contributed by atoms with Gasteiger partial charge in [0.15, 0.2) is 11.5 Å². The van der Waals surface area contributed by atoms with E-state index in [2.05, 4.69) is 13.8 Å². The summed E-state index contributed by atoms with van der Waals surface area (Å²) < 4.78 is 38.3. The second-order valence-corrected chi connectivity index (χ2v) is 5.98. The highest BCUT2D eigenvalue weighted by atomic mass is 19.2. The molecule has 0 aliphatic heterocycles. The minimum Gasteiger partial charge on any atom is -0.490 e. The molecular weight excluding hydrogens is 286 g/mol. The molecule has 0 bridgehead atoms. The van der Waals surface area contributed by atoms with Crippen molar-refractivity contribution >= 4 is 0 Å². The molecule has 126 valence electrons. The van der Waals surface area contributed by atoms with E-state index in [1.807, 2.05) is 6.92 Å². The molecule has 1 aromatic carbocycles. The first-order chi connectivity index (χ1) is 10.6. The maximum atomic E-state index is 13.9. The zero-order chi connectivity index (χ0) is 16.4. The fourth-order valence-electron chi connectivity index (χ4n) is 2.08. The van der Waals surface area contributed by atoms with Gasteiger partial charge >= 0.3 is 0 Å². The van der Waals surface area contributed by atoms with Gasteiger partial charge in [-0.3, -0.25) is 0 Å². The van der Waals surface area contributed by atoms with Crippen molar-refractivity contribution in [1.82, 2.24) is 0 Å². The molecule has 0 unspecified atom stereocenters. The van der Waals surface area contributed by atoms with Gasteiger partial charge in [-0.1, -0.05) is 46.5 Å². The molecule has 1 aromatic rings. The standard InChI is InChI=1S/C18H28F2O2/c1-4-5-12-21-15-10-11-16(18(20)17(15)19)22-13-8-6-7-9-14(2)3/h10-11,14H,4-9,12-13H2,1-3H3. The van der Waals surface area contributed by atoms with Crippen molar-refractivity contribution in [2.45, 2.75) is 59.3 Å². The normalized spacial score (nSPS) is 11.0. The van der Waals surface area contributed by atoms with Gasteiger partial charge in [0.2, 0.25) is 11.6 Å². The first-order valence-electron chi connectivity index (χ1n) is 8.29. The number of unbranched alkanes of at least 4 members (excludes halogenated alkanes) is 3. The summed E-state index contributed by atoms with van der Waals surface area (Å²) in [5, 5.41) is 0. The first-order valence-corrected chi connectivity index (χ1v) is 8.29.